The molecule has 0 aliphatic heterocycles. The van der Waals surface area contributed by atoms with Gasteiger partial charge in [0, 0.05) is 6.92 Å². The third-order valence-electron chi connectivity index (χ3n) is 0. The molecule has 0 aliphatic rings. The number of carboxylic acid groups (broad SMARTS) is 1. The summed E-state index contributed by atoms with van der Waals surface area (Å²) >= 11 is 0. The van der Waals surface area contributed by atoms with Crippen molar-refractivity contribution in [1.82, 2.24) is 0 Å². The summed E-state index contributed by atoms with van der Waals surface area (Å²) in [4.78, 5) is 9.00. The van der Waals surface area contributed by atoms with Crippen molar-refractivity contribution < 1.29 is 20.1 Å². The van der Waals surface area contributed by atoms with E-state index in [2.05, 4.69) is 0 Å². The molecule has 0 radical (unpaired) electrons. The van der Waals surface area contributed by atoms with Crippen LogP contribution in [0.2, 0.25) is 0 Å². The average molecular weight is 98.1 g/mol. The van der Waals surface area contributed by atoms with Crippen LogP contribution in [-0.2, 0) is 4.79 Å². The Balaban J connectivity index is -0.0000000450. The summed E-state index contributed by atoms with van der Waals surface area (Å²) in [5.74, 6) is -0.833. The SMILES string of the molecule is CC(=O)O.F.O. The number of carbonyl (C=O) groups is 1. The van der Waals surface area contributed by atoms with E-state index in [-0.39, 0.29) is 10.2 Å². The molecule has 0 amide bonds. The fourth-order valence-electron chi connectivity index (χ4n) is 0. The van der Waals surface area contributed by atoms with E-state index in [1.807, 2.05) is 0 Å². The predicted molar refractivity (Wildman–Crippen MR) is 19.4 cm³/mol. The van der Waals surface area contributed by atoms with Gasteiger partial charge in [-0.3, -0.25) is 9.50 Å². The van der Waals surface area contributed by atoms with Gasteiger partial charge in [0.2, 0.25) is 0 Å². The van der Waals surface area contributed by atoms with Crippen LogP contribution in [0, 0.1) is 0 Å². The molecule has 0 bridgehead atoms. The molecule has 0 saturated heterocycles. The Bertz CT molecular complexity index is 31.8. The number of rotatable bonds is 0. The van der Waals surface area contributed by atoms with Crippen LogP contribution >= 0.6 is 0 Å². The monoisotopic (exact) mass is 98.0 g/mol. The van der Waals surface area contributed by atoms with Crippen molar-refractivity contribution in [3.63, 3.8) is 0 Å². The topological polar surface area (TPSA) is 68.8 Å². The van der Waals surface area contributed by atoms with Gasteiger partial charge in [0.1, 0.15) is 0 Å². The van der Waals surface area contributed by atoms with Crippen LogP contribution in [0.25, 0.3) is 0 Å². The second kappa shape index (κ2) is 8.84. The zero-order valence-electron chi connectivity index (χ0n) is 3.26. The first-order valence-corrected chi connectivity index (χ1v) is 0.928. The van der Waals surface area contributed by atoms with Gasteiger partial charge in [-0.05, 0) is 0 Å². The maximum atomic E-state index is 9.00. The van der Waals surface area contributed by atoms with Gasteiger partial charge < -0.3 is 10.6 Å². The van der Waals surface area contributed by atoms with Gasteiger partial charge >= 0.3 is 0 Å². The van der Waals surface area contributed by atoms with E-state index in [9.17, 15) is 0 Å². The predicted octanol–water partition coefficient (Wildman–Crippen LogP) is -0.581. The van der Waals surface area contributed by atoms with E-state index in [1.165, 1.54) is 0 Å². The van der Waals surface area contributed by atoms with Crippen LogP contribution in [0.15, 0.2) is 0 Å². The fourth-order valence-corrected chi connectivity index (χ4v) is 0. The molecule has 0 spiro atoms. The van der Waals surface area contributed by atoms with Crippen molar-refractivity contribution in [2.75, 3.05) is 0 Å². The van der Waals surface area contributed by atoms with E-state index in [1.54, 1.807) is 0 Å². The summed E-state index contributed by atoms with van der Waals surface area (Å²) in [6.45, 7) is 1.08. The quantitative estimate of drug-likeness (QED) is 0.440. The summed E-state index contributed by atoms with van der Waals surface area (Å²) < 4.78 is 0. The molecule has 0 rings (SSSR count). The molecule has 0 aromatic heterocycles. The van der Waals surface area contributed by atoms with E-state index >= 15 is 0 Å². The summed E-state index contributed by atoms with van der Waals surface area (Å²) in [7, 11) is 0. The van der Waals surface area contributed by atoms with Crippen LogP contribution in [0.4, 0.5) is 4.70 Å². The summed E-state index contributed by atoms with van der Waals surface area (Å²) in [5.41, 5.74) is 0. The minimum atomic E-state index is -0.833. The highest BCUT2D eigenvalue weighted by Gasteiger charge is 1.65. The lowest BCUT2D eigenvalue weighted by Crippen LogP contribution is -1.78. The molecule has 0 saturated carbocycles. The Labute approximate surface area is 34.3 Å². The molecule has 0 fully saturated rings. The van der Waals surface area contributed by atoms with Crippen molar-refractivity contribution in [2.24, 2.45) is 0 Å². The number of hydrogen-bond donors (Lipinski definition) is 1. The normalized spacial score (nSPS) is 4.17. The first kappa shape index (κ1) is 18.3. The Morgan fingerprint density at radius 3 is 1.67 bits per heavy atom. The minimum absolute atomic E-state index is 0. The van der Waals surface area contributed by atoms with Gasteiger partial charge in [0.25, 0.3) is 5.97 Å². The molecule has 3 nitrogen and oxygen atoms in total. The van der Waals surface area contributed by atoms with Crippen LogP contribution < -0.4 is 0 Å². The number of aliphatic carboxylic acids is 1. The lowest BCUT2D eigenvalue weighted by atomic mass is 10.9. The molecule has 0 aromatic carbocycles. The zero-order valence-corrected chi connectivity index (χ0v) is 3.26. The second-order valence-electron chi connectivity index (χ2n) is 0.519. The smallest absolute Gasteiger partial charge is 0.300 e. The third-order valence-corrected chi connectivity index (χ3v) is 0. The van der Waals surface area contributed by atoms with Gasteiger partial charge in [-0.2, -0.15) is 0 Å². The minimum Gasteiger partial charge on any atom is -0.481 e. The van der Waals surface area contributed by atoms with E-state index in [4.69, 9.17) is 9.90 Å². The van der Waals surface area contributed by atoms with Crippen molar-refractivity contribution in [3.8, 4) is 0 Å². The van der Waals surface area contributed by atoms with Crippen LogP contribution in [-0.4, -0.2) is 16.6 Å². The number of carboxylic acids is 1. The molecule has 0 aliphatic carbocycles. The van der Waals surface area contributed by atoms with E-state index < -0.39 is 5.97 Å². The van der Waals surface area contributed by atoms with Crippen LogP contribution in [0.1, 0.15) is 6.92 Å². The Morgan fingerprint density at radius 1 is 1.67 bits per heavy atom. The number of hydrogen-bond acceptors (Lipinski definition) is 1. The highest BCUT2D eigenvalue weighted by molar-refractivity contribution is 5.62. The maximum Gasteiger partial charge on any atom is 0.300 e. The highest BCUT2D eigenvalue weighted by atomic mass is 19.0. The van der Waals surface area contributed by atoms with Gasteiger partial charge in [-0.1, -0.05) is 0 Å². The van der Waals surface area contributed by atoms with Crippen LogP contribution in [0.5, 0.6) is 0 Å². The third kappa shape index (κ3) is 45.7. The molecule has 0 atom stereocenters. The molecular weight excluding hydrogens is 91.0 g/mol. The Kier molecular flexibility index (Phi) is 26.9. The van der Waals surface area contributed by atoms with Gasteiger partial charge in [-0.25, -0.2) is 0 Å². The van der Waals surface area contributed by atoms with Gasteiger partial charge in [0.15, 0.2) is 0 Å². The fraction of sp³-hybridized carbons (Fsp3) is 0.500. The van der Waals surface area contributed by atoms with E-state index in [0.29, 0.717) is 0 Å². The van der Waals surface area contributed by atoms with Gasteiger partial charge in [-0.15, -0.1) is 0 Å². The lowest BCUT2D eigenvalue weighted by Gasteiger charge is -1.59. The summed E-state index contributed by atoms with van der Waals surface area (Å²) in [6.07, 6.45) is 0. The summed E-state index contributed by atoms with van der Waals surface area (Å²) in [6, 6.07) is 0. The van der Waals surface area contributed by atoms with Crippen LogP contribution in [0.3, 0.4) is 0 Å². The van der Waals surface area contributed by atoms with Gasteiger partial charge in [0.05, 0.1) is 0 Å². The molecule has 0 heterocycles. The Morgan fingerprint density at radius 2 is 1.67 bits per heavy atom. The van der Waals surface area contributed by atoms with Crippen molar-refractivity contribution in [1.29, 1.82) is 0 Å². The van der Waals surface area contributed by atoms with Crippen molar-refractivity contribution in [2.45, 2.75) is 6.92 Å². The molecular formula is C2H7FO3. The molecule has 4 heteroatoms. The maximum absolute atomic E-state index is 9.00. The second-order valence-corrected chi connectivity index (χ2v) is 0.519. The molecule has 0 aromatic rings. The molecule has 0 unspecified atom stereocenters. The highest BCUT2D eigenvalue weighted by Crippen LogP contribution is 1.42. The first-order chi connectivity index (χ1) is 1.73. The summed E-state index contributed by atoms with van der Waals surface area (Å²) in [5, 5.41) is 7.42. The standard InChI is InChI=1S/C2H4O2.FH.H2O/c1-2(3)4;;/h1H3,(H,3,4);1H;1H2. The molecule has 6 heavy (non-hydrogen) atoms. The Hall–Kier alpha value is -0.640. The first-order valence-electron chi connectivity index (χ1n) is 0.928. The average Bonchev–Trinajstić information content (AvgIpc) is 0.811. The largest absolute Gasteiger partial charge is 0.481 e. The number of halogens is 1. The molecule has 3 N–H and O–H groups in total. The van der Waals surface area contributed by atoms with Crippen molar-refractivity contribution in [3.05, 3.63) is 0 Å². The van der Waals surface area contributed by atoms with E-state index in [0.717, 1.165) is 6.92 Å². The van der Waals surface area contributed by atoms with Crippen molar-refractivity contribution >= 4 is 5.97 Å². The molecule has 40 valence electrons. The lowest BCUT2D eigenvalue weighted by molar-refractivity contribution is -0.134. The zero-order chi connectivity index (χ0) is 3.58.